The number of hydrogen-bond donors (Lipinski definition) is 1. The lowest BCUT2D eigenvalue weighted by Gasteiger charge is -2.34. The molecule has 1 unspecified atom stereocenters. The van der Waals surface area contributed by atoms with E-state index in [9.17, 15) is 5.11 Å². The van der Waals surface area contributed by atoms with Gasteiger partial charge in [0, 0.05) is 13.3 Å². The van der Waals surface area contributed by atoms with Gasteiger partial charge in [-0.05, 0) is 6.42 Å². The summed E-state index contributed by atoms with van der Waals surface area (Å²) in [4.78, 5) is 3.90. The van der Waals surface area contributed by atoms with E-state index in [0.29, 0.717) is 0 Å². The van der Waals surface area contributed by atoms with Crippen LogP contribution in [-0.2, 0) is 0 Å². The zero-order chi connectivity index (χ0) is 9.12. The van der Waals surface area contributed by atoms with Gasteiger partial charge in [0.25, 0.3) is 0 Å². The Morgan fingerprint density at radius 1 is 1.45 bits per heavy atom. The van der Waals surface area contributed by atoms with Crippen molar-refractivity contribution in [2.24, 2.45) is 4.99 Å². The van der Waals surface area contributed by atoms with E-state index in [1.807, 2.05) is 6.92 Å². The van der Waals surface area contributed by atoms with Crippen LogP contribution in [-0.4, -0.2) is 31.7 Å². The van der Waals surface area contributed by atoms with Gasteiger partial charge >= 0.3 is 0 Å². The summed E-state index contributed by atoms with van der Waals surface area (Å²) in [5, 5.41) is 9.45. The first-order chi connectivity index (χ1) is 4.87. The average Bonchev–Trinajstić information content (AvgIpc) is 1.86. The van der Waals surface area contributed by atoms with Gasteiger partial charge in [-0.25, -0.2) is 0 Å². The van der Waals surface area contributed by atoms with Gasteiger partial charge in [-0.1, -0.05) is 26.6 Å². The third-order valence-electron chi connectivity index (χ3n) is 2.18. The van der Waals surface area contributed by atoms with E-state index in [2.05, 4.69) is 24.6 Å². The van der Waals surface area contributed by atoms with E-state index in [-0.39, 0.29) is 0 Å². The molecule has 3 heteroatoms. The first-order valence-electron chi connectivity index (χ1n) is 4.03. The summed E-state index contributed by atoms with van der Waals surface area (Å²) in [7, 11) is 0.183. The molecule has 0 aromatic heterocycles. The zero-order valence-corrected chi connectivity index (χ0v) is 9.18. The van der Waals surface area contributed by atoms with E-state index in [0.717, 1.165) is 6.42 Å². The van der Waals surface area contributed by atoms with Crippen LogP contribution in [0, 0.1) is 0 Å². The first kappa shape index (κ1) is 10.8. The molecular weight excluding hydrogens is 154 g/mol. The molecule has 11 heavy (non-hydrogen) atoms. The molecule has 0 aliphatic carbocycles. The fraction of sp³-hybridized carbons (Fsp3) is 0.875. The van der Waals surface area contributed by atoms with Crippen LogP contribution in [0.15, 0.2) is 4.99 Å². The molecule has 0 heterocycles. The van der Waals surface area contributed by atoms with Crippen molar-refractivity contribution in [2.45, 2.75) is 38.2 Å². The highest BCUT2D eigenvalue weighted by Crippen LogP contribution is 2.21. The van der Waals surface area contributed by atoms with Gasteiger partial charge in [0.2, 0.25) is 0 Å². The standard InChI is InChI=1S/C8H19NOSi/c1-6-8(10,7-9-2)11(3,4)5/h7,10H,6H2,1-5H3. The van der Waals surface area contributed by atoms with Crippen LogP contribution < -0.4 is 0 Å². The largest absolute Gasteiger partial charge is 0.388 e. The quantitative estimate of drug-likeness (QED) is 0.511. The molecule has 0 spiro atoms. The second kappa shape index (κ2) is 3.50. The lowest BCUT2D eigenvalue weighted by Crippen LogP contribution is -2.53. The van der Waals surface area contributed by atoms with Crippen molar-refractivity contribution in [3.05, 3.63) is 0 Å². The number of aliphatic imine (C=N–C) groups is 1. The van der Waals surface area contributed by atoms with Crippen molar-refractivity contribution in [2.75, 3.05) is 7.05 Å². The van der Waals surface area contributed by atoms with E-state index < -0.39 is 13.3 Å². The van der Waals surface area contributed by atoms with Gasteiger partial charge in [-0.3, -0.25) is 4.99 Å². The molecule has 0 saturated heterocycles. The summed E-state index contributed by atoms with van der Waals surface area (Å²) in [6.45, 7) is 8.45. The molecule has 0 rings (SSSR count). The molecule has 0 radical (unpaired) electrons. The topological polar surface area (TPSA) is 32.6 Å². The Labute approximate surface area is 70.4 Å². The van der Waals surface area contributed by atoms with Crippen molar-refractivity contribution >= 4 is 14.3 Å². The van der Waals surface area contributed by atoms with Crippen LogP contribution in [0.1, 0.15) is 13.3 Å². The summed E-state index contributed by atoms with van der Waals surface area (Å²) in [6.07, 6.45) is 2.46. The van der Waals surface area contributed by atoms with Crippen LogP contribution in [0.25, 0.3) is 0 Å². The van der Waals surface area contributed by atoms with Crippen molar-refractivity contribution in [3.8, 4) is 0 Å². The molecule has 0 aromatic carbocycles. The van der Waals surface area contributed by atoms with Gasteiger partial charge in [-0.15, -0.1) is 0 Å². The maximum atomic E-state index is 10.1. The second-order valence-electron chi connectivity index (χ2n) is 3.92. The fourth-order valence-corrected chi connectivity index (χ4v) is 2.61. The molecule has 1 atom stereocenters. The molecule has 1 N–H and O–H groups in total. The maximum Gasteiger partial charge on any atom is 0.0889 e. The van der Waals surface area contributed by atoms with Crippen molar-refractivity contribution < 1.29 is 5.11 Å². The normalized spacial score (nSPS) is 18.7. The smallest absolute Gasteiger partial charge is 0.0889 e. The SMILES string of the molecule is CCC(O)(C=NC)[Si](C)(C)C. The van der Waals surface area contributed by atoms with Crippen molar-refractivity contribution in [1.29, 1.82) is 0 Å². The van der Waals surface area contributed by atoms with E-state index in [1.54, 1.807) is 13.3 Å². The molecular formula is C8H19NOSi. The Bertz CT molecular complexity index is 151. The molecule has 66 valence electrons. The van der Waals surface area contributed by atoms with Gasteiger partial charge in [0.15, 0.2) is 0 Å². The summed E-state index contributed by atoms with van der Waals surface area (Å²) >= 11 is 0. The monoisotopic (exact) mass is 173 g/mol. The van der Waals surface area contributed by atoms with Gasteiger partial charge in [0.1, 0.15) is 0 Å². The van der Waals surface area contributed by atoms with Crippen LogP contribution >= 0.6 is 0 Å². The fourth-order valence-electron chi connectivity index (χ4n) is 1.03. The second-order valence-corrected chi connectivity index (χ2v) is 9.28. The zero-order valence-electron chi connectivity index (χ0n) is 8.18. The van der Waals surface area contributed by atoms with Gasteiger partial charge in [-0.2, -0.15) is 0 Å². The summed E-state index contributed by atoms with van der Waals surface area (Å²) in [5.41, 5.74) is 0. The lowest BCUT2D eigenvalue weighted by molar-refractivity contribution is 0.186. The summed E-state index contributed by atoms with van der Waals surface area (Å²) in [6, 6.07) is 0. The minimum absolute atomic E-state index is 0.623. The molecule has 0 bridgehead atoms. The predicted molar refractivity (Wildman–Crippen MR) is 53.0 cm³/mol. The van der Waals surface area contributed by atoms with E-state index >= 15 is 0 Å². The average molecular weight is 173 g/mol. The number of rotatable bonds is 3. The van der Waals surface area contributed by atoms with Crippen molar-refractivity contribution in [3.63, 3.8) is 0 Å². The van der Waals surface area contributed by atoms with E-state index in [4.69, 9.17) is 0 Å². The highest BCUT2D eigenvalue weighted by Gasteiger charge is 2.38. The van der Waals surface area contributed by atoms with Gasteiger partial charge in [0.05, 0.1) is 13.3 Å². The highest BCUT2D eigenvalue weighted by atomic mass is 28.3. The molecule has 0 fully saturated rings. The van der Waals surface area contributed by atoms with Crippen LogP contribution in [0.5, 0.6) is 0 Å². The molecule has 0 aromatic rings. The summed E-state index contributed by atoms with van der Waals surface area (Å²) < 4.78 is 0. The molecule has 2 nitrogen and oxygen atoms in total. The minimum Gasteiger partial charge on any atom is -0.388 e. The predicted octanol–water partition coefficient (Wildman–Crippen LogP) is 1.71. The first-order valence-corrected chi connectivity index (χ1v) is 7.53. The Morgan fingerprint density at radius 2 is 1.91 bits per heavy atom. The Kier molecular flexibility index (Phi) is 3.45. The van der Waals surface area contributed by atoms with Gasteiger partial charge < -0.3 is 5.11 Å². The third-order valence-corrected chi connectivity index (χ3v) is 5.26. The van der Waals surface area contributed by atoms with Crippen LogP contribution in [0.3, 0.4) is 0 Å². The Morgan fingerprint density at radius 3 is 2.00 bits per heavy atom. The Balaban J connectivity index is 4.60. The highest BCUT2D eigenvalue weighted by molar-refractivity contribution is 6.81. The lowest BCUT2D eigenvalue weighted by atomic mass is 10.3. The molecule has 0 aliphatic heterocycles. The maximum absolute atomic E-state index is 10.1. The molecule has 0 amide bonds. The Hall–Kier alpha value is -0.153. The van der Waals surface area contributed by atoms with Crippen LogP contribution in [0.4, 0.5) is 0 Å². The van der Waals surface area contributed by atoms with Crippen molar-refractivity contribution in [1.82, 2.24) is 0 Å². The number of nitrogens with zero attached hydrogens (tertiary/aromatic N) is 1. The third kappa shape index (κ3) is 2.41. The molecule has 0 saturated carbocycles. The molecule has 0 aliphatic rings. The van der Waals surface area contributed by atoms with Crippen LogP contribution in [0.2, 0.25) is 19.6 Å². The number of aliphatic hydroxyl groups is 1. The van der Waals surface area contributed by atoms with E-state index in [1.165, 1.54) is 0 Å². The minimum atomic E-state index is -1.53. The number of hydrogen-bond acceptors (Lipinski definition) is 2. The summed E-state index contributed by atoms with van der Waals surface area (Å²) in [5.74, 6) is 0.